The van der Waals surface area contributed by atoms with Crippen molar-refractivity contribution in [3.63, 3.8) is 0 Å². The average molecular weight is 161 g/mol. The molecular weight excluding hydrogens is 154 g/mol. The third-order valence-corrected chi connectivity index (χ3v) is 1.69. The predicted octanol–water partition coefficient (Wildman–Crippen LogP) is 0.932. The van der Waals surface area contributed by atoms with Gasteiger partial charge in [0.2, 0.25) is 0 Å². The fraction of sp³-hybridized carbons (Fsp3) is 0.125. The molecular formula is C8H7N3O. The average Bonchev–Trinajstić information content (AvgIpc) is 2.46. The van der Waals surface area contributed by atoms with Crippen LogP contribution in [0.5, 0.6) is 0 Å². The molecule has 4 heteroatoms. The van der Waals surface area contributed by atoms with Gasteiger partial charge in [-0.2, -0.15) is 5.10 Å². The van der Waals surface area contributed by atoms with E-state index in [1.54, 1.807) is 23.0 Å². The summed E-state index contributed by atoms with van der Waals surface area (Å²) in [6, 6.07) is 1.77. The lowest BCUT2D eigenvalue weighted by atomic mass is 10.2. The Hall–Kier alpha value is -1.71. The summed E-state index contributed by atoms with van der Waals surface area (Å²) in [6.45, 7) is 1.53. The molecule has 0 amide bonds. The maximum absolute atomic E-state index is 11.0. The lowest BCUT2D eigenvalue weighted by molar-refractivity contribution is 0.101. The molecule has 0 saturated carbocycles. The summed E-state index contributed by atoms with van der Waals surface area (Å²) in [5.74, 6) is 0.0421. The highest BCUT2D eigenvalue weighted by molar-refractivity contribution is 5.95. The molecule has 2 aromatic rings. The van der Waals surface area contributed by atoms with E-state index < -0.39 is 0 Å². The molecule has 0 unspecified atom stereocenters. The fourth-order valence-electron chi connectivity index (χ4n) is 1.05. The quantitative estimate of drug-likeness (QED) is 0.584. The minimum Gasteiger partial charge on any atom is -0.294 e. The van der Waals surface area contributed by atoms with Gasteiger partial charge in [0, 0.05) is 11.8 Å². The second kappa shape index (κ2) is 2.41. The zero-order valence-corrected chi connectivity index (χ0v) is 6.56. The molecule has 0 N–H and O–H groups in total. The van der Waals surface area contributed by atoms with Gasteiger partial charge in [-0.15, -0.1) is 0 Å². The van der Waals surface area contributed by atoms with Gasteiger partial charge >= 0.3 is 0 Å². The van der Waals surface area contributed by atoms with Crippen molar-refractivity contribution in [2.45, 2.75) is 6.92 Å². The van der Waals surface area contributed by atoms with E-state index in [2.05, 4.69) is 10.1 Å². The summed E-state index contributed by atoms with van der Waals surface area (Å²) in [5.41, 5.74) is 1.50. The van der Waals surface area contributed by atoms with Gasteiger partial charge in [0.1, 0.15) is 6.33 Å². The van der Waals surface area contributed by atoms with Gasteiger partial charge in [0.15, 0.2) is 5.78 Å². The SMILES string of the molecule is CC(=O)c1cc2cncnn2c1. The number of nitrogens with zero attached hydrogens (tertiary/aromatic N) is 3. The van der Waals surface area contributed by atoms with Crippen LogP contribution in [0.15, 0.2) is 24.8 Å². The highest BCUT2D eigenvalue weighted by Gasteiger charge is 2.02. The largest absolute Gasteiger partial charge is 0.294 e. The lowest BCUT2D eigenvalue weighted by Gasteiger charge is -1.86. The third kappa shape index (κ3) is 0.972. The van der Waals surface area contributed by atoms with Crippen LogP contribution in [0, 0.1) is 0 Å². The summed E-state index contributed by atoms with van der Waals surface area (Å²) in [4.78, 5) is 14.8. The summed E-state index contributed by atoms with van der Waals surface area (Å²) >= 11 is 0. The summed E-state index contributed by atoms with van der Waals surface area (Å²) in [5, 5.41) is 3.94. The van der Waals surface area contributed by atoms with Gasteiger partial charge in [-0.3, -0.25) is 4.79 Å². The van der Waals surface area contributed by atoms with Crippen molar-refractivity contribution in [3.05, 3.63) is 30.4 Å². The Kier molecular flexibility index (Phi) is 1.40. The van der Waals surface area contributed by atoms with E-state index in [0.717, 1.165) is 5.52 Å². The first-order valence-electron chi connectivity index (χ1n) is 3.57. The second-order valence-corrected chi connectivity index (χ2v) is 2.56. The normalized spacial score (nSPS) is 10.4. The van der Waals surface area contributed by atoms with Crippen LogP contribution in [0.3, 0.4) is 0 Å². The fourth-order valence-corrected chi connectivity index (χ4v) is 1.05. The Balaban J connectivity index is 2.70. The molecule has 2 heterocycles. The highest BCUT2D eigenvalue weighted by atomic mass is 16.1. The van der Waals surface area contributed by atoms with E-state index in [-0.39, 0.29) is 5.78 Å². The zero-order chi connectivity index (χ0) is 8.55. The van der Waals surface area contributed by atoms with E-state index in [0.29, 0.717) is 5.56 Å². The van der Waals surface area contributed by atoms with Crippen molar-refractivity contribution < 1.29 is 4.79 Å². The standard InChI is InChI=1S/C8H7N3O/c1-6(12)7-2-8-3-9-5-10-11(8)4-7/h2-5H,1H3. The molecule has 0 aliphatic heterocycles. The molecule has 0 aliphatic carbocycles. The van der Waals surface area contributed by atoms with Crippen LogP contribution in [-0.2, 0) is 0 Å². The monoisotopic (exact) mass is 161 g/mol. The molecule has 0 aliphatic rings. The van der Waals surface area contributed by atoms with Gasteiger partial charge in [-0.05, 0) is 13.0 Å². The van der Waals surface area contributed by atoms with Crippen molar-refractivity contribution in [2.24, 2.45) is 0 Å². The number of fused-ring (bicyclic) bond motifs is 1. The Morgan fingerprint density at radius 2 is 2.42 bits per heavy atom. The smallest absolute Gasteiger partial charge is 0.161 e. The lowest BCUT2D eigenvalue weighted by Crippen LogP contribution is -1.89. The van der Waals surface area contributed by atoms with Crippen molar-refractivity contribution in [1.29, 1.82) is 0 Å². The Morgan fingerprint density at radius 1 is 1.58 bits per heavy atom. The second-order valence-electron chi connectivity index (χ2n) is 2.56. The van der Waals surface area contributed by atoms with Crippen LogP contribution < -0.4 is 0 Å². The first-order chi connectivity index (χ1) is 5.77. The minimum atomic E-state index is 0.0421. The van der Waals surface area contributed by atoms with Gasteiger partial charge < -0.3 is 0 Å². The molecule has 12 heavy (non-hydrogen) atoms. The van der Waals surface area contributed by atoms with E-state index in [1.807, 2.05) is 0 Å². The number of rotatable bonds is 1. The minimum absolute atomic E-state index is 0.0421. The molecule has 0 radical (unpaired) electrons. The number of carbonyl (C=O) groups is 1. The zero-order valence-electron chi connectivity index (χ0n) is 6.56. The molecule has 2 rings (SSSR count). The Bertz CT molecular complexity index is 400. The van der Waals surface area contributed by atoms with E-state index >= 15 is 0 Å². The Labute approximate surface area is 68.8 Å². The number of aromatic nitrogens is 3. The molecule has 2 aromatic heterocycles. The van der Waals surface area contributed by atoms with Gasteiger partial charge in [0.25, 0.3) is 0 Å². The van der Waals surface area contributed by atoms with Crippen LogP contribution in [0.4, 0.5) is 0 Å². The summed E-state index contributed by atoms with van der Waals surface area (Å²) in [7, 11) is 0. The van der Waals surface area contributed by atoms with Crippen molar-refractivity contribution in [2.75, 3.05) is 0 Å². The molecule has 0 atom stereocenters. The number of hydrogen-bond donors (Lipinski definition) is 0. The molecule has 0 aromatic carbocycles. The predicted molar refractivity (Wildman–Crippen MR) is 43.0 cm³/mol. The van der Waals surface area contributed by atoms with Crippen LogP contribution in [0.2, 0.25) is 0 Å². The molecule has 0 bridgehead atoms. The van der Waals surface area contributed by atoms with Gasteiger partial charge in [0.05, 0.1) is 11.7 Å². The topological polar surface area (TPSA) is 47.3 Å². The molecule has 0 saturated heterocycles. The van der Waals surface area contributed by atoms with E-state index in [9.17, 15) is 4.79 Å². The number of ketones is 1. The van der Waals surface area contributed by atoms with Crippen LogP contribution in [-0.4, -0.2) is 20.4 Å². The first-order valence-corrected chi connectivity index (χ1v) is 3.57. The number of Topliss-reactive ketones (excluding diaryl/α,β-unsaturated/α-hetero) is 1. The highest BCUT2D eigenvalue weighted by Crippen LogP contribution is 2.06. The van der Waals surface area contributed by atoms with Crippen LogP contribution in [0.1, 0.15) is 17.3 Å². The number of carbonyl (C=O) groups excluding carboxylic acids is 1. The van der Waals surface area contributed by atoms with Gasteiger partial charge in [-0.1, -0.05) is 0 Å². The number of hydrogen-bond acceptors (Lipinski definition) is 3. The molecule has 4 nitrogen and oxygen atoms in total. The third-order valence-electron chi connectivity index (χ3n) is 1.69. The maximum atomic E-state index is 11.0. The van der Waals surface area contributed by atoms with Crippen molar-refractivity contribution in [3.8, 4) is 0 Å². The summed E-state index contributed by atoms with van der Waals surface area (Å²) < 4.78 is 1.63. The van der Waals surface area contributed by atoms with E-state index in [1.165, 1.54) is 13.3 Å². The molecule has 0 spiro atoms. The van der Waals surface area contributed by atoms with Crippen LogP contribution >= 0.6 is 0 Å². The van der Waals surface area contributed by atoms with E-state index in [4.69, 9.17) is 0 Å². The maximum Gasteiger partial charge on any atom is 0.161 e. The van der Waals surface area contributed by atoms with Crippen molar-refractivity contribution >= 4 is 11.3 Å². The molecule has 0 fully saturated rings. The Morgan fingerprint density at radius 3 is 3.08 bits per heavy atom. The van der Waals surface area contributed by atoms with Crippen LogP contribution in [0.25, 0.3) is 5.52 Å². The van der Waals surface area contributed by atoms with Gasteiger partial charge in [-0.25, -0.2) is 9.50 Å². The molecule has 60 valence electrons. The first kappa shape index (κ1) is 6.97. The summed E-state index contributed by atoms with van der Waals surface area (Å²) in [6.07, 6.45) is 4.80. The van der Waals surface area contributed by atoms with Crippen molar-refractivity contribution in [1.82, 2.24) is 14.6 Å².